The Balaban J connectivity index is 2.50. The number of hydrogen-bond acceptors (Lipinski definition) is 15. The fourth-order valence-electron chi connectivity index (χ4n) is 8.44. The van der Waals surface area contributed by atoms with Crippen molar-refractivity contribution in [2.24, 2.45) is 0 Å². The lowest BCUT2D eigenvalue weighted by atomic mass is 10.1. The maximum absolute atomic E-state index is 14.5. The molecule has 0 aromatic heterocycles. The molecule has 0 N–H and O–H groups in total. The third kappa shape index (κ3) is 31.3. The molecule has 0 atom stereocenters. The average molecular weight is 1130 g/mol. The molecule has 2 heterocycles. The van der Waals surface area contributed by atoms with Crippen LogP contribution >= 0.6 is 0 Å². The maximum atomic E-state index is 14.5. The van der Waals surface area contributed by atoms with Crippen LogP contribution < -0.4 is 0 Å². The minimum absolute atomic E-state index is 0.00551. The van der Waals surface area contributed by atoms with Crippen LogP contribution in [0.25, 0.3) is 0 Å². The number of rotatable bonds is 10. The summed E-state index contributed by atoms with van der Waals surface area (Å²) in [6, 6.07) is 0. The van der Waals surface area contributed by atoms with E-state index in [9.17, 15) is 38.4 Å². The highest BCUT2D eigenvalue weighted by atomic mass is 16.6. The first-order chi connectivity index (χ1) is 36.5. The third-order valence-corrected chi connectivity index (χ3v) is 12.1. The SMILES string of the molecule is CCOC(=O)CCCCN1CCN(C(=O)OC(C)(C)C)CCCN(C(=O)OC(C)(C)C)CCCCN(C(=O)CCCC(=O)N2CCCCN(C(=O)OC(C)(C)C)CCCN(C(=O)OC(C)(C)C)CCN(C(=O)OC(C)(C)C)C2)C1. The normalized spacial score (nSPS) is 17.4. The second-order valence-electron chi connectivity index (χ2n) is 25.6. The Labute approximate surface area is 473 Å². The highest BCUT2D eigenvalue weighted by molar-refractivity contribution is 5.79. The number of unbranched alkanes of at least 4 members (excludes halogenated alkanes) is 1. The summed E-state index contributed by atoms with van der Waals surface area (Å²) in [7, 11) is 0. The van der Waals surface area contributed by atoms with Crippen LogP contribution in [0.4, 0.5) is 24.0 Å². The van der Waals surface area contributed by atoms with Gasteiger partial charge in [0.15, 0.2) is 0 Å². The summed E-state index contributed by atoms with van der Waals surface area (Å²) < 4.78 is 34.1. The van der Waals surface area contributed by atoms with Gasteiger partial charge in [-0.25, -0.2) is 24.0 Å². The van der Waals surface area contributed by atoms with Crippen molar-refractivity contribution < 1.29 is 66.8 Å². The van der Waals surface area contributed by atoms with Crippen LogP contribution in [0.2, 0.25) is 0 Å². The second kappa shape index (κ2) is 32.8. The Bertz CT molecular complexity index is 1940. The van der Waals surface area contributed by atoms with E-state index in [0.717, 1.165) is 0 Å². The third-order valence-electron chi connectivity index (χ3n) is 12.1. The van der Waals surface area contributed by atoms with Crippen molar-refractivity contribution >= 4 is 48.2 Å². The van der Waals surface area contributed by atoms with Crippen LogP contribution in [-0.4, -0.2) is 220 Å². The summed E-state index contributed by atoms with van der Waals surface area (Å²) >= 11 is 0. The van der Waals surface area contributed by atoms with Crippen LogP contribution in [0.15, 0.2) is 0 Å². The molecule has 2 rings (SSSR count). The topological polar surface area (TPSA) is 218 Å². The highest BCUT2D eigenvalue weighted by Gasteiger charge is 2.32. The van der Waals surface area contributed by atoms with E-state index in [1.165, 1.54) is 9.80 Å². The van der Waals surface area contributed by atoms with Gasteiger partial charge in [0.1, 0.15) is 28.0 Å². The summed E-state index contributed by atoms with van der Waals surface area (Å²) in [5, 5.41) is 0. The predicted octanol–water partition coefficient (Wildman–Crippen LogP) is 9.32. The zero-order chi connectivity index (χ0) is 59.8. The van der Waals surface area contributed by atoms with E-state index < -0.39 is 58.5 Å². The Kier molecular flexibility index (Phi) is 29.0. The van der Waals surface area contributed by atoms with E-state index in [4.69, 9.17) is 28.4 Å². The average Bonchev–Trinajstić information content (AvgIpc) is 3.28. The number of esters is 1. The lowest BCUT2D eigenvalue weighted by Gasteiger charge is -2.35. The molecule has 0 unspecified atom stereocenters. The van der Waals surface area contributed by atoms with Gasteiger partial charge in [-0.05, 0) is 175 Å². The van der Waals surface area contributed by atoms with Gasteiger partial charge in [-0.2, -0.15) is 0 Å². The fourth-order valence-corrected chi connectivity index (χ4v) is 8.44. The molecule has 2 aliphatic heterocycles. The van der Waals surface area contributed by atoms with Gasteiger partial charge in [0, 0.05) is 97.8 Å². The Morgan fingerprint density at radius 2 is 0.633 bits per heavy atom. The van der Waals surface area contributed by atoms with Crippen LogP contribution in [0.3, 0.4) is 0 Å². The van der Waals surface area contributed by atoms with Crippen molar-refractivity contribution in [2.75, 3.05) is 105 Å². The summed E-state index contributed by atoms with van der Waals surface area (Å²) in [6.45, 7) is 32.5. The van der Waals surface area contributed by atoms with E-state index >= 15 is 0 Å². The molecule has 2 saturated heterocycles. The van der Waals surface area contributed by atoms with E-state index in [1.54, 1.807) is 115 Å². The molecule has 22 nitrogen and oxygen atoms in total. The van der Waals surface area contributed by atoms with Crippen LogP contribution in [0.5, 0.6) is 0 Å². The minimum Gasteiger partial charge on any atom is -0.466 e. The monoisotopic (exact) mass is 1120 g/mol. The second-order valence-corrected chi connectivity index (χ2v) is 25.6. The standard InChI is InChI=1S/C57H104N8O14/c1-17-74-47(68)29-18-19-30-58-39-40-61(50(71)77-55(8,9)10)37-25-35-59(48(69)75-53(2,3)4)31-20-22-33-63(43-58)45(66)27-24-28-46(67)64-34-23-21-32-60(49(70)76-54(5,6)7)36-26-38-62(51(72)78-56(11,12)13)41-42-65(44-64)52(73)79-57(14,15)16/h17-44H2,1-16H3. The first kappa shape index (κ1) is 69.8. The quantitative estimate of drug-likeness (QED) is 0.113. The van der Waals surface area contributed by atoms with Crippen molar-refractivity contribution in [3.05, 3.63) is 0 Å². The molecule has 2 aliphatic rings. The summed E-state index contributed by atoms with van der Waals surface area (Å²) in [5.41, 5.74) is -3.89. The summed E-state index contributed by atoms with van der Waals surface area (Å²) in [4.78, 5) is 123. The van der Waals surface area contributed by atoms with E-state index in [2.05, 4.69) is 4.90 Å². The highest BCUT2D eigenvalue weighted by Crippen LogP contribution is 2.19. The number of amides is 7. The molecular formula is C57H104N8O14. The van der Waals surface area contributed by atoms with Gasteiger partial charge < -0.3 is 57.8 Å². The molecule has 22 heteroatoms. The molecular weight excluding hydrogens is 1020 g/mol. The molecule has 0 radical (unpaired) electrons. The van der Waals surface area contributed by atoms with Gasteiger partial charge >= 0.3 is 36.4 Å². The first-order valence-corrected chi connectivity index (χ1v) is 28.9. The van der Waals surface area contributed by atoms with Crippen molar-refractivity contribution in [1.82, 2.24) is 39.2 Å². The van der Waals surface area contributed by atoms with Gasteiger partial charge in [0.25, 0.3) is 0 Å². The molecule has 456 valence electrons. The zero-order valence-electron chi connectivity index (χ0n) is 51.6. The Morgan fingerprint density at radius 1 is 0.329 bits per heavy atom. The van der Waals surface area contributed by atoms with Crippen molar-refractivity contribution in [2.45, 2.75) is 216 Å². The number of hydrogen-bond donors (Lipinski definition) is 0. The minimum atomic E-state index is -0.865. The molecule has 0 saturated carbocycles. The molecule has 0 spiro atoms. The largest absolute Gasteiger partial charge is 0.466 e. The van der Waals surface area contributed by atoms with Crippen molar-refractivity contribution in [1.29, 1.82) is 0 Å². The number of nitrogens with zero attached hydrogens (tertiary/aromatic N) is 8. The van der Waals surface area contributed by atoms with E-state index in [1.807, 2.05) is 20.8 Å². The van der Waals surface area contributed by atoms with Crippen LogP contribution in [0, 0.1) is 0 Å². The van der Waals surface area contributed by atoms with Gasteiger partial charge in [-0.15, -0.1) is 0 Å². The maximum Gasteiger partial charge on any atom is 0.411 e. The van der Waals surface area contributed by atoms with Gasteiger partial charge in [-0.1, -0.05) is 0 Å². The molecule has 0 aromatic carbocycles. The molecule has 2 fully saturated rings. The first-order valence-electron chi connectivity index (χ1n) is 28.9. The van der Waals surface area contributed by atoms with Gasteiger partial charge in [0.05, 0.1) is 19.9 Å². The van der Waals surface area contributed by atoms with E-state index in [-0.39, 0.29) is 89.5 Å². The van der Waals surface area contributed by atoms with E-state index in [0.29, 0.717) is 110 Å². The number of carbonyl (C=O) groups is 8. The van der Waals surface area contributed by atoms with Crippen LogP contribution in [-0.2, 0) is 42.8 Å². The van der Waals surface area contributed by atoms with Crippen molar-refractivity contribution in [3.8, 4) is 0 Å². The summed E-state index contributed by atoms with van der Waals surface area (Å²) in [6.07, 6.45) is 1.95. The predicted molar refractivity (Wildman–Crippen MR) is 301 cm³/mol. The zero-order valence-corrected chi connectivity index (χ0v) is 51.6. The Hall–Kier alpha value is -5.28. The lowest BCUT2D eigenvalue weighted by Crippen LogP contribution is -2.50. The van der Waals surface area contributed by atoms with Gasteiger partial charge in [-0.3, -0.25) is 24.2 Å². The molecule has 0 bridgehead atoms. The van der Waals surface area contributed by atoms with Crippen molar-refractivity contribution in [3.63, 3.8) is 0 Å². The fraction of sp³-hybridized carbons (Fsp3) is 0.860. The molecule has 0 aromatic rings. The Morgan fingerprint density at radius 3 is 1.00 bits per heavy atom. The number of carbonyl (C=O) groups excluding carboxylic acids is 8. The lowest BCUT2D eigenvalue weighted by molar-refractivity contribution is -0.143. The molecule has 7 amide bonds. The molecule has 79 heavy (non-hydrogen) atoms. The number of ether oxygens (including phenoxy) is 6. The van der Waals surface area contributed by atoms with Gasteiger partial charge in [0.2, 0.25) is 11.8 Å². The summed E-state index contributed by atoms with van der Waals surface area (Å²) in [5.74, 6) is -0.766. The smallest absolute Gasteiger partial charge is 0.411 e. The van der Waals surface area contributed by atoms with Crippen LogP contribution in [0.1, 0.15) is 188 Å². The molecule has 0 aliphatic carbocycles.